The zero-order valence-corrected chi connectivity index (χ0v) is 19.3. The summed E-state index contributed by atoms with van der Waals surface area (Å²) in [5, 5.41) is 7.30. The van der Waals surface area contributed by atoms with Gasteiger partial charge in [-0.3, -0.25) is 9.59 Å². The molecule has 0 saturated heterocycles. The van der Waals surface area contributed by atoms with Crippen molar-refractivity contribution in [2.75, 3.05) is 13.7 Å². The van der Waals surface area contributed by atoms with Crippen LogP contribution in [0.5, 0.6) is 11.5 Å². The number of halogens is 2. The first-order chi connectivity index (χ1) is 14.8. The van der Waals surface area contributed by atoms with Crippen molar-refractivity contribution in [3.8, 4) is 11.5 Å². The zero-order chi connectivity index (χ0) is 23.0. The second-order valence-electron chi connectivity index (χ2n) is 6.90. The molecule has 0 bridgehead atoms. The third kappa shape index (κ3) is 6.87. The molecule has 0 aromatic heterocycles. The Morgan fingerprint density at radius 1 is 1.10 bits per heavy atom. The van der Waals surface area contributed by atoms with Crippen LogP contribution in [-0.2, 0) is 4.79 Å². The van der Waals surface area contributed by atoms with Crippen LogP contribution in [0.3, 0.4) is 0 Å². The molecule has 7 nitrogen and oxygen atoms in total. The number of carbonyl (C=O) groups excluding carboxylic acids is 2. The normalized spacial score (nSPS) is 12.0. The van der Waals surface area contributed by atoms with E-state index < -0.39 is 17.9 Å². The van der Waals surface area contributed by atoms with Crippen molar-refractivity contribution in [1.82, 2.24) is 10.7 Å². The average molecular weight is 466 g/mol. The molecule has 1 atom stereocenters. The molecule has 166 valence electrons. The van der Waals surface area contributed by atoms with Crippen LogP contribution in [0.4, 0.5) is 0 Å². The molecule has 2 aromatic rings. The van der Waals surface area contributed by atoms with E-state index in [4.69, 9.17) is 32.7 Å². The molecule has 0 heterocycles. The predicted octanol–water partition coefficient (Wildman–Crippen LogP) is 4.31. The Labute approximate surface area is 191 Å². The number of benzene rings is 2. The first-order valence-corrected chi connectivity index (χ1v) is 10.4. The van der Waals surface area contributed by atoms with Gasteiger partial charge in [-0.25, -0.2) is 5.43 Å². The molecule has 31 heavy (non-hydrogen) atoms. The van der Waals surface area contributed by atoms with Crippen molar-refractivity contribution in [1.29, 1.82) is 0 Å². The molecule has 0 aliphatic carbocycles. The number of methoxy groups -OCH3 is 1. The first-order valence-electron chi connectivity index (χ1n) is 9.66. The lowest BCUT2D eigenvalue weighted by Crippen LogP contribution is -2.48. The van der Waals surface area contributed by atoms with Gasteiger partial charge in [0, 0.05) is 5.56 Å². The standard InChI is InChI=1S/C22H25Cl2N3O4/c1-5-31-18-9-6-14(10-19(18)30-4)12-25-27-22(29)20(13(2)3)26-21(28)15-7-8-16(23)17(24)11-15/h6-13,20H,5H2,1-4H3,(H,26,28)(H,27,29). The smallest absolute Gasteiger partial charge is 0.262 e. The number of amides is 2. The van der Waals surface area contributed by atoms with Crippen molar-refractivity contribution < 1.29 is 19.1 Å². The van der Waals surface area contributed by atoms with E-state index in [-0.39, 0.29) is 10.9 Å². The van der Waals surface area contributed by atoms with Crippen LogP contribution >= 0.6 is 23.2 Å². The first kappa shape index (κ1) is 24.5. The van der Waals surface area contributed by atoms with Gasteiger partial charge in [-0.05, 0) is 54.8 Å². The van der Waals surface area contributed by atoms with Crippen molar-refractivity contribution >= 4 is 41.2 Å². The minimum atomic E-state index is -0.797. The number of hydrogen-bond donors (Lipinski definition) is 2. The van der Waals surface area contributed by atoms with Gasteiger partial charge in [0.05, 0.1) is 30.0 Å². The summed E-state index contributed by atoms with van der Waals surface area (Å²) < 4.78 is 10.8. The van der Waals surface area contributed by atoms with Gasteiger partial charge in [0.15, 0.2) is 11.5 Å². The highest BCUT2D eigenvalue weighted by atomic mass is 35.5. The van der Waals surface area contributed by atoms with Crippen LogP contribution in [0.15, 0.2) is 41.5 Å². The van der Waals surface area contributed by atoms with Crippen LogP contribution in [0, 0.1) is 5.92 Å². The molecule has 2 aromatic carbocycles. The fourth-order valence-electron chi connectivity index (χ4n) is 2.68. The summed E-state index contributed by atoms with van der Waals surface area (Å²) in [5.41, 5.74) is 3.48. The molecule has 2 amide bonds. The Bertz CT molecular complexity index is 964. The molecular weight excluding hydrogens is 441 g/mol. The van der Waals surface area contributed by atoms with Crippen molar-refractivity contribution in [3.05, 3.63) is 57.6 Å². The summed E-state index contributed by atoms with van der Waals surface area (Å²) in [5.74, 6) is 0.125. The Morgan fingerprint density at radius 2 is 1.84 bits per heavy atom. The third-order valence-electron chi connectivity index (χ3n) is 4.29. The summed E-state index contributed by atoms with van der Waals surface area (Å²) in [6.07, 6.45) is 1.48. The van der Waals surface area contributed by atoms with Crippen molar-refractivity contribution in [2.24, 2.45) is 11.0 Å². The molecule has 2 rings (SSSR count). The van der Waals surface area contributed by atoms with E-state index in [0.717, 1.165) is 0 Å². The van der Waals surface area contributed by atoms with Crippen LogP contribution in [0.2, 0.25) is 10.0 Å². The van der Waals surface area contributed by atoms with Crippen LogP contribution in [0.1, 0.15) is 36.7 Å². The summed E-state index contributed by atoms with van der Waals surface area (Å²) >= 11 is 11.9. The van der Waals surface area contributed by atoms with E-state index in [1.54, 1.807) is 25.3 Å². The lowest BCUT2D eigenvalue weighted by atomic mass is 10.0. The molecule has 0 radical (unpaired) electrons. The highest BCUT2D eigenvalue weighted by Gasteiger charge is 2.24. The molecule has 0 aliphatic heterocycles. The van der Waals surface area contributed by atoms with Crippen LogP contribution in [0.25, 0.3) is 0 Å². The SMILES string of the molecule is CCOc1ccc(C=NNC(=O)C(NC(=O)c2ccc(Cl)c(Cl)c2)C(C)C)cc1OC. The van der Waals surface area contributed by atoms with Crippen LogP contribution < -0.4 is 20.2 Å². The second kappa shape index (κ2) is 11.6. The van der Waals surface area contributed by atoms with E-state index in [2.05, 4.69) is 15.8 Å². The number of nitrogens with zero attached hydrogens (tertiary/aromatic N) is 1. The molecule has 0 saturated carbocycles. The van der Waals surface area contributed by atoms with Gasteiger partial charge in [0.2, 0.25) is 0 Å². The number of hydrogen-bond acceptors (Lipinski definition) is 5. The lowest BCUT2D eigenvalue weighted by Gasteiger charge is -2.20. The minimum Gasteiger partial charge on any atom is -0.493 e. The number of ether oxygens (including phenoxy) is 2. The third-order valence-corrected chi connectivity index (χ3v) is 5.03. The molecule has 0 aliphatic rings. The molecule has 0 fully saturated rings. The maximum atomic E-state index is 12.6. The van der Waals surface area contributed by atoms with Gasteiger partial charge < -0.3 is 14.8 Å². The number of nitrogens with one attached hydrogen (secondary N) is 2. The second-order valence-corrected chi connectivity index (χ2v) is 7.72. The van der Waals surface area contributed by atoms with E-state index >= 15 is 0 Å². The minimum absolute atomic E-state index is 0.174. The fraction of sp³-hybridized carbons (Fsp3) is 0.318. The lowest BCUT2D eigenvalue weighted by molar-refractivity contribution is -0.123. The molecule has 9 heteroatoms. The number of rotatable bonds is 9. The molecule has 0 spiro atoms. The summed E-state index contributed by atoms with van der Waals surface area (Å²) in [6, 6.07) is 9.01. The maximum absolute atomic E-state index is 12.6. The van der Waals surface area contributed by atoms with Gasteiger partial charge in [0.1, 0.15) is 6.04 Å². The Hall–Kier alpha value is -2.77. The van der Waals surface area contributed by atoms with Crippen molar-refractivity contribution in [3.63, 3.8) is 0 Å². The maximum Gasteiger partial charge on any atom is 0.262 e. The van der Waals surface area contributed by atoms with Gasteiger partial charge in [-0.1, -0.05) is 37.0 Å². The van der Waals surface area contributed by atoms with Gasteiger partial charge >= 0.3 is 0 Å². The van der Waals surface area contributed by atoms with E-state index in [9.17, 15) is 9.59 Å². The van der Waals surface area contributed by atoms with E-state index in [0.29, 0.717) is 34.3 Å². The van der Waals surface area contributed by atoms with E-state index in [1.165, 1.54) is 24.4 Å². The molecular formula is C22H25Cl2N3O4. The number of hydrazone groups is 1. The Balaban J connectivity index is 2.05. The predicted molar refractivity (Wildman–Crippen MR) is 122 cm³/mol. The van der Waals surface area contributed by atoms with E-state index in [1.807, 2.05) is 20.8 Å². The highest BCUT2D eigenvalue weighted by Crippen LogP contribution is 2.27. The topological polar surface area (TPSA) is 89.0 Å². The van der Waals surface area contributed by atoms with Crippen LogP contribution in [-0.4, -0.2) is 37.8 Å². The van der Waals surface area contributed by atoms with Gasteiger partial charge in [-0.2, -0.15) is 5.10 Å². The Kier molecular flexibility index (Phi) is 9.15. The average Bonchev–Trinajstić information content (AvgIpc) is 2.74. The van der Waals surface area contributed by atoms with Crippen molar-refractivity contribution in [2.45, 2.75) is 26.8 Å². The molecule has 1 unspecified atom stereocenters. The summed E-state index contributed by atoms with van der Waals surface area (Å²) in [4.78, 5) is 25.1. The van der Waals surface area contributed by atoms with Gasteiger partial charge in [-0.15, -0.1) is 0 Å². The quantitative estimate of drug-likeness (QED) is 0.426. The molecule has 2 N–H and O–H groups in total. The summed E-state index contributed by atoms with van der Waals surface area (Å²) in [6.45, 7) is 6.04. The monoisotopic (exact) mass is 465 g/mol. The fourth-order valence-corrected chi connectivity index (χ4v) is 2.97. The largest absolute Gasteiger partial charge is 0.493 e. The van der Waals surface area contributed by atoms with Gasteiger partial charge in [0.25, 0.3) is 11.8 Å². The highest BCUT2D eigenvalue weighted by molar-refractivity contribution is 6.42. The zero-order valence-electron chi connectivity index (χ0n) is 17.7. The number of carbonyl (C=O) groups is 2. The Morgan fingerprint density at radius 3 is 2.45 bits per heavy atom. The summed E-state index contributed by atoms with van der Waals surface area (Å²) in [7, 11) is 1.55.